The Labute approximate surface area is 66.4 Å². The van der Waals surface area contributed by atoms with Crippen molar-refractivity contribution in [2.45, 2.75) is 25.8 Å². The average molecular weight is 148 g/mol. The van der Waals surface area contributed by atoms with Crippen LogP contribution in [0.15, 0.2) is 12.4 Å². The number of aromatic nitrogens is 1. The van der Waals surface area contributed by atoms with E-state index in [1.807, 2.05) is 12.4 Å². The third-order valence-corrected chi connectivity index (χ3v) is 2.31. The van der Waals surface area contributed by atoms with Crippen molar-refractivity contribution in [3.8, 4) is 0 Å². The zero-order chi connectivity index (χ0) is 7.84. The minimum absolute atomic E-state index is 0.327. The first-order valence-electron chi connectivity index (χ1n) is 3.95. The molecule has 1 aliphatic carbocycles. The first-order chi connectivity index (χ1) is 5.27. The van der Waals surface area contributed by atoms with Gasteiger partial charge in [-0.25, -0.2) is 0 Å². The van der Waals surface area contributed by atoms with E-state index in [2.05, 4.69) is 11.9 Å². The molecule has 1 aromatic rings. The molecular weight excluding hydrogens is 136 g/mol. The van der Waals surface area contributed by atoms with Gasteiger partial charge >= 0.3 is 0 Å². The van der Waals surface area contributed by atoms with Crippen LogP contribution in [0.3, 0.4) is 0 Å². The van der Waals surface area contributed by atoms with Crippen LogP contribution in [0.1, 0.15) is 16.7 Å². The second-order valence-corrected chi connectivity index (χ2v) is 3.26. The summed E-state index contributed by atoms with van der Waals surface area (Å²) in [6.45, 7) is 2.10. The van der Waals surface area contributed by atoms with Gasteiger partial charge in [-0.05, 0) is 36.5 Å². The minimum atomic E-state index is 0.327. The highest BCUT2D eigenvalue weighted by molar-refractivity contribution is 5.36. The lowest BCUT2D eigenvalue weighted by Gasteiger charge is -2.00. The number of nitrogens with two attached hydrogens (primary N) is 1. The Morgan fingerprint density at radius 1 is 1.45 bits per heavy atom. The summed E-state index contributed by atoms with van der Waals surface area (Å²) < 4.78 is 0. The second kappa shape index (κ2) is 2.31. The minimum Gasteiger partial charge on any atom is -0.327 e. The third-order valence-electron chi connectivity index (χ3n) is 2.31. The van der Waals surface area contributed by atoms with Gasteiger partial charge in [0.1, 0.15) is 0 Å². The standard InChI is InChI=1S/C9H12N2/c1-6-4-11-5-7-2-8(10)3-9(6)7/h4-5,8H,2-3,10H2,1H3. The molecule has 0 saturated carbocycles. The molecule has 2 N–H and O–H groups in total. The van der Waals surface area contributed by atoms with Crippen LogP contribution < -0.4 is 5.73 Å². The van der Waals surface area contributed by atoms with E-state index in [-0.39, 0.29) is 0 Å². The van der Waals surface area contributed by atoms with Crippen molar-refractivity contribution in [3.63, 3.8) is 0 Å². The lowest BCUT2D eigenvalue weighted by atomic mass is 10.1. The molecule has 1 atom stereocenters. The molecule has 0 fully saturated rings. The van der Waals surface area contributed by atoms with E-state index in [0.29, 0.717) is 6.04 Å². The van der Waals surface area contributed by atoms with E-state index in [9.17, 15) is 0 Å². The lowest BCUT2D eigenvalue weighted by Crippen LogP contribution is -2.19. The highest BCUT2D eigenvalue weighted by atomic mass is 14.7. The highest BCUT2D eigenvalue weighted by Crippen LogP contribution is 2.22. The van der Waals surface area contributed by atoms with Crippen molar-refractivity contribution in [1.82, 2.24) is 4.98 Å². The Hall–Kier alpha value is -0.890. The van der Waals surface area contributed by atoms with E-state index < -0.39 is 0 Å². The van der Waals surface area contributed by atoms with Gasteiger partial charge < -0.3 is 5.73 Å². The van der Waals surface area contributed by atoms with Crippen LogP contribution in [0.25, 0.3) is 0 Å². The average Bonchev–Trinajstić information content (AvgIpc) is 2.31. The van der Waals surface area contributed by atoms with Gasteiger partial charge in [0.15, 0.2) is 0 Å². The molecule has 0 aromatic carbocycles. The molecule has 0 amide bonds. The fourth-order valence-electron chi connectivity index (χ4n) is 1.73. The first-order valence-corrected chi connectivity index (χ1v) is 3.95. The van der Waals surface area contributed by atoms with Gasteiger partial charge in [0.05, 0.1) is 0 Å². The molecule has 1 aromatic heterocycles. The van der Waals surface area contributed by atoms with Gasteiger partial charge in [-0.1, -0.05) is 0 Å². The molecule has 58 valence electrons. The molecule has 1 aliphatic rings. The quantitative estimate of drug-likeness (QED) is 0.591. The molecule has 2 rings (SSSR count). The van der Waals surface area contributed by atoms with Crippen molar-refractivity contribution < 1.29 is 0 Å². The van der Waals surface area contributed by atoms with Crippen molar-refractivity contribution >= 4 is 0 Å². The van der Waals surface area contributed by atoms with E-state index in [1.54, 1.807) is 0 Å². The topological polar surface area (TPSA) is 38.9 Å². The Kier molecular flexibility index (Phi) is 1.43. The van der Waals surface area contributed by atoms with E-state index in [0.717, 1.165) is 12.8 Å². The van der Waals surface area contributed by atoms with E-state index >= 15 is 0 Å². The normalized spacial score (nSPS) is 21.8. The summed E-state index contributed by atoms with van der Waals surface area (Å²) in [5.41, 5.74) is 9.88. The molecule has 0 aliphatic heterocycles. The first kappa shape index (κ1) is 6.80. The largest absolute Gasteiger partial charge is 0.327 e. The lowest BCUT2D eigenvalue weighted by molar-refractivity contribution is 0.720. The molecule has 1 heterocycles. The molecule has 0 bridgehead atoms. The Morgan fingerprint density at radius 2 is 2.27 bits per heavy atom. The molecule has 11 heavy (non-hydrogen) atoms. The van der Waals surface area contributed by atoms with Crippen LogP contribution >= 0.6 is 0 Å². The van der Waals surface area contributed by atoms with Crippen LogP contribution in [0.5, 0.6) is 0 Å². The van der Waals surface area contributed by atoms with Crippen molar-refractivity contribution in [2.75, 3.05) is 0 Å². The van der Waals surface area contributed by atoms with E-state index in [1.165, 1.54) is 16.7 Å². The van der Waals surface area contributed by atoms with Crippen LogP contribution in [0, 0.1) is 6.92 Å². The van der Waals surface area contributed by atoms with Gasteiger partial charge in [0, 0.05) is 18.4 Å². The number of hydrogen-bond donors (Lipinski definition) is 1. The zero-order valence-electron chi connectivity index (χ0n) is 6.67. The fraction of sp³-hybridized carbons (Fsp3) is 0.444. The van der Waals surface area contributed by atoms with Crippen LogP contribution in [0.2, 0.25) is 0 Å². The Balaban J connectivity index is 2.49. The number of fused-ring (bicyclic) bond motifs is 1. The number of aryl methyl sites for hydroxylation is 1. The van der Waals surface area contributed by atoms with Gasteiger partial charge in [-0.3, -0.25) is 4.98 Å². The number of pyridine rings is 1. The van der Waals surface area contributed by atoms with Gasteiger partial charge in [-0.15, -0.1) is 0 Å². The van der Waals surface area contributed by atoms with Gasteiger partial charge in [-0.2, -0.15) is 0 Å². The molecule has 2 heteroatoms. The maximum Gasteiger partial charge on any atom is 0.0303 e. The number of rotatable bonds is 0. The third kappa shape index (κ3) is 1.03. The molecule has 1 unspecified atom stereocenters. The van der Waals surface area contributed by atoms with E-state index in [4.69, 9.17) is 5.73 Å². The summed E-state index contributed by atoms with van der Waals surface area (Å²) >= 11 is 0. The smallest absolute Gasteiger partial charge is 0.0303 e. The van der Waals surface area contributed by atoms with Crippen molar-refractivity contribution in [1.29, 1.82) is 0 Å². The molecule has 0 radical (unpaired) electrons. The maximum absolute atomic E-state index is 5.83. The fourth-order valence-corrected chi connectivity index (χ4v) is 1.73. The zero-order valence-corrected chi connectivity index (χ0v) is 6.67. The Morgan fingerprint density at radius 3 is 3.00 bits per heavy atom. The summed E-state index contributed by atoms with van der Waals surface area (Å²) in [7, 11) is 0. The number of hydrogen-bond acceptors (Lipinski definition) is 2. The maximum atomic E-state index is 5.83. The monoisotopic (exact) mass is 148 g/mol. The van der Waals surface area contributed by atoms with Crippen LogP contribution in [0.4, 0.5) is 0 Å². The molecule has 0 spiro atoms. The summed E-state index contributed by atoms with van der Waals surface area (Å²) in [5.74, 6) is 0. The summed E-state index contributed by atoms with van der Waals surface area (Å²) in [5, 5.41) is 0. The summed E-state index contributed by atoms with van der Waals surface area (Å²) in [6, 6.07) is 0.327. The van der Waals surface area contributed by atoms with Crippen LogP contribution in [-0.4, -0.2) is 11.0 Å². The summed E-state index contributed by atoms with van der Waals surface area (Å²) in [6.07, 6.45) is 5.89. The van der Waals surface area contributed by atoms with Crippen molar-refractivity contribution in [3.05, 3.63) is 29.1 Å². The molecular formula is C9H12N2. The van der Waals surface area contributed by atoms with Crippen molar-refractivity contribution in [2.24, 2.45) is 5.73 Å². The second-order valence-electron chi connectivity index (χ2n) is 3.26. The van der Waals surface area contributed by atoms with Gasteiger partial charge in [0.25, 0.3) is 0 Å². The summed E-state index contributed by atoms with van der Waals surface area (Å²) in [4.78, 5) is 4.13. The molecule has 2 nitrogen and oxygen atoms in total. The number of nitrogens with zero attached hydrogens (tertiary/aromatic N) is 1. The van der Waals surface area contributed by atoms with Crippen LogP contribution in [-0.2, 0) is 12.8 Å². The highest BCUT2D eigenvalue weighted by Gasteiger charge is 2.19. The molecule has 0 saturated heterocycles. The van der Waals surface area contributed by atoms with Gasteiger partial charge in [0.2, 0.25) is 0 Å². The SMILES string of the molecule is Cc1cncc2c1CC(N)C2. The predicted molar refractivity (Wildman–Crippen MR) is 44.4 cm³/mol. The predicted octanol–water partition coefficient (Wildman–Crippen LogP) is 0.816. The Bertz CT molecular complexity index is 281.